The Hall–Kier alpha value is -0.790. The first kappa shape index (κ1) is 23.2. The zero-order valence-corrected chi connectivity index (χ0v) is 7.66. The van der Waals surface area contributed by atoms with E-state index in [1.165, 1.54) is 0 Å². The van der Waals surface area contributed by atoms with Gasteiger partial charge < -0.3 is 22.2 Å². The van der Waals surface area contributed by atoms with Gasteiger partial charge in [0.25, 0.3) is 5.09 Å². The van der Waals surface area contributed by atoms with Gasteiger partial charge in [0.1, 0.15) is 0 Å². The highest BCUT2D eigenvalue weighted by Crippen LogP contribution is 1.60. The van der Waals surface area contributed by atoms with Gasteiger partial charge in [0.2, 0.25) is 0 Å². The fraction of sp³-hybridized carbons (Fsp3) is 1.00. The van der Waals surface area contributed by atoms with Crippen LogP contribution in [0.25, 0.3) is 0 Å². The maximum Gasteiger partial charge on any atom is 0.291 e. The molecule has 0 atom stereocenters. The van der Waals surface area contributed by atoms with Gasteiger partial charge in [0.05, 0.1) is 21.5 Å². The van der Waals surface area contributed by atoms with E-state index in [2.05, 4.69) is 0 Å². The van der Waals surface area contributed by atoms with Gasteiger partial charge in [-0.2, -0.15) is 14.0 Å². The minimum atomic E-state index is -4.69. The molecule has 11 nitrogen and oxygen atoms in total. The van der Waals surface area contributed by atoms with Gasteiger partial charge in [0.15, 0.2) is 0 Å². The molecule has 0 saturated heterocycles. The maximum atomic E-state index is 8.60. The molecule has 0 aliphatic rings. The molecule has 0 amide bonds. The topological polar surface area (TPSA) is 234 Å². The van der Waals surface area contributed by atoms with E-state index in [4.69, 9.17) is 44.8 Å². The molecule has 0 aromatic rings. The number of nitrogens with zero attached hydrogens (tertiary/aromatic N) is 1. The van der Waals surface area contributed by atoms with Crippen molar-refractivity contribution in [2.75, 3.05) is 13.2 Å². The first-order valence-corrected chi connectivity index (χ1v) is 3.69. The Labute approximate surface area is 80.4 Å². The van der Waals surface area contributed by atoms with E-state index in [1.54, 1.807) is 0 Å². The van der Waals surface area contributed by atoms with Crippen molar-refractivity contribution < 1.29 is 44.3 Å². The summed E-state index contributed by atoms with van der Waals surface area (Å²) in [6, 6.07) is 0. The number of nitrogens with two attached hydrogens (primary N) is 1. The third-order valence-corrected chi connectivity index (χ3v) is 0.129. The molecular formula is C2H12ClN3O8. The number of aliphatic hydroxyl groups excluding tert-OH is 1. The van der Waals surface area contributed by atoms with Gasteiger partial charge in [0, 0.05) is 6.54 Å². The number of halogens is 1. The van der Waals surface area contributed by atoms with Crippen LogP contribution in [-0.4, -0.2) is 33.2 Å². The fourth-order valence-corrected chi connectivity index (χ4v) is 0. The number of hydrogen-bond acceptors (Lipinski definition) is 9. The standard InChI is InChI=1S/C2H7NO.ClHO4.HNO3.H3N/c3-1-2-4;2-1(3,4)5;2-1(3)4;/h4H,1-3H2;(H,2,3,4,5);(H,2,3,4);1H3. The molecular weight excluding hydrogens is 229 g/mol. The summed E-state index contributed by atoms with van der Waals surface area (Å²) >= 11 is 0. The third kappa shape index (κ3) is 26500. The van der Waals surface area contributed by atoms with E-state index < -0.39 is 15.3 Å². The summed E-state index contributed by atoms with van der Waals surface area (Å²) < 4.78 is 32.7. The monoisotopic (exact) mass is 241 g/mol. The lowest BCUT2D eigenvalue weighted by Crippen LogP contribution is -2.58. The minimum Gasteiger partial charge on any atom is -0.395 e. The van der Waals surface area contributed by atoms with Crippen molar-refractivity contribution in [1.82, 2.24) is 6.15 Å². The second kappa shape index (κ2) is 14.7. The lowest BCUT2D eigenvalue weighted by atomic mass is 10.8. The van der Waals surface area contributed by atoms with Crippen molar-refractivity contribution in [3.63, 3.8) is 0 Å². The maximum absolute atomic E-state index is 8.60. The summed E-state index contributed by atoms with van der Waals surface area (Å²) in [5.74, 6) is 0. The van der Waals surface area contributed by atoms with Crippen molar-refractivity contribution in [2.24, 2.45) is 5.73 Å². The fourth-order valence-electron chi connectivity index (χ4n) is 0. The van der Waals surface area contributed by atoms with Gasteiger partial charge in [-0.25, -0.2) is 0 Å². The third-order valence-electron chi connectivity index (χ3n) is 0.129. The first-order chi connectivity index (χ1) is 5.65. The van der Waals surface area contributed by atoms with Crippen molar-refractivity contribution in [3.8, 4) is 0 Å². The Kier molecular flexibility index (Phi) is 24.4. The summed E-state index contributed by atoms with van der Waals surface area (Å²) in [5.41, 5.74) is 4.78. The molecule has 8 N–H and O–H groups in total. The molecule has 0 bridgehead atoms. The summed E-state index contributed by atoms with van der Waals surface area (Å²) in [6.07, 6.45) is 0. The van der Waals surface area contributed by atoms with Crippen LogP contribution in [0, 0.1) is 20.4 Å². The number of hydrogen-bond donors (Lipinski definition) is 5. The normalized spacial score (nSPS) is 8.14. The van der Waals surface area contributed by atoms with Gasteiger partial charge in [-0.3, -0.25) is 0 Å². The summed E-state index contributed by atoms with van der Waals surface area (Å²) in [5, 5.41) is 21.4. The molecule has 0 heterocycles. The molecule has 90 valence electrons. The summed E-state index contributed by atoms with van der Waals surface area (Å²) in [7, 11) is -4.69. The Morgan fingerprint density at radius 1 is 1.36 bits per heavy atom. The van der Waals surface area contributed by atoms with Gasteiger partial charge in [-0.05, 0) is 0 Å². The highest BCUT2D eigenvalue weighted by Gasteiger charge is 1.98. The quantitative estimate of drug-likeness (QED) is 0.216. The Balaban J connectivity index is -0.0000000522. The van der Waals surface area contributed by atoms with Crippen LogP contribution in [0.15, 0.2) is 0 Å². The van der Waals surface area contributed by atoms with Crippen molar-refractivity contribution >= 4 is 0 Å². The second-order valence-corrected chi connectivity index (χ2v) is 1.94. The Bertz CT molecular complexity index is 104. The van der Waals surface area contributed by atoms with Crippen LogP contribution < -0.4 is 25.9 Å². The van der Waals surface area contributed by atoms with Crippen LogP contribution in [0.2, 0.25) is 0 Å². The lowest BCUT2D eigenvalue weighted by molar-refractivity contribution is -1.92. The smallest absolute Gasteiger partial charge is 0.291 e. The molecule has 0 saturated carbocycles. The van der Waals surface area contributed by atoms with Gasteiger partial charge in [-0.1, -0.05) is 0 Å². The van der Waals surface area contributed by atoms with E-state index in [-0.39, 0.29) is 12.8 Å². The predicted octanol–water partition coefficient (Wildman–Crippen LogP) is -5.37. The molecule has 0 unspecified atom stereocenters. The van der Waals surface area contributed by atoms with E-state index in [1.807, 2.05) is 0 Å². The number of rotatable bonds is 1. The van der Waals surface area contributed by atoms with Crippen molar-refractivity contribution in [2.45, 2.75) is 0 Å². The molecule has 0 aromatic heterocycles. The van der Waals surface area contributed by atoms with Crippen LogP contribution in [0.1, 0.15) is 0 Å². The van der Waals surface area contributed by atoms with Crippen molar-refractivity contribution in [3.05, 3.63) is 10.1 Å². The molecule has 0 aliphatic carbocycles. The molecule has 0 aromatic carbocycles. The van der Waals surface area contributed by atoms with Crippen LogP contribution in [0.3, 0.4) is 0 Å². The van der Waals surface area contributed by atoms with E-state index in [0.29, 0.717) is 6.54 Å². The largest absolute Gasteiger partial charge is 0.395 e. The molecule has 0 aliphatic heterocycles. The predicted molar refractivity (Wildman–Crippen MR) is 32.2 cm³/mol. The lowest BCUT2D eigenvalue weighted by Gasteiger charge is -2.03. The van der Waals surface area contributed by atoms with Gasteiger partial charge in [-0.15, -0.1) is 10.1 Å². The highest BCUT2D eigenvalue weighted by atomic mass is 35.7. The van der Waals surface area contributed by atoms with Crippen LogP contribution in [-0.2, 0) is 0 Å². The second-order valence-electron chi connectivity index (χ2n) is 1.15. The average Bonchev–Trinajstić information content (AvgIpc) is 1.82. The Morgan fingerprint density at radius 2 is 1.43 bits per heavy atom. The van der Waals surface area contributed by atoms with Crippen LogP contribution >= 0.6 is 0 Å². The van der Waals surface area contributed by atoms with Crippen LogP contribution in [0.5, 0.6) is 0 Å². The molecule has 0 rings (SSSR count). The van der Waals surface area contributed by atoms with E-state index >= 15 is 0 Å². The Morgan fingerprint density at radius 3 is 1.43 bits per heavy atom. The minimum absolute atomic E-state index is 0. The first-order valence-electron chi connectivity index (χ1n) is 2.42. The van der Waals surface area contributed by atoms with Crippen LogP contribution in [0.4, 0.5) is 0 Å². The number of aliphatic hydroxyl groups is 1. The average molecular weight is 242 g/mol. The van der Waals surface area contributed by atoms with Crippen molar-refractivity contribution in [1.29, 1.82) is 0 Å². The summed E-state index contributed by atoms with van der Waals surface area (Å²) in [6.45, 7) is 0.472. The molecule has 0 fully saturated rings. The molecule has 0 radical (unpaired) electrons. The molecule has 0 spiro atoms. The molecule has 12 heteroatoms. The van der Waals surface area contributed by atoms with E-state index in [0.717, 1.165) is 0 Å². The van der Waals surface area contributed by atoms with Gasteiger partial charge >= 0.3 is 0 Å². The SMILES string of the molecule is N.NCCO.O=[N+]([O-])O.[O-][Cl+3]([O-])([O-])O. The van der Waals surface area contributed by atoms with E-state index in [9.17, 15) is 0 Å². The summed E-state index contributed by atoms with van der Waals surface area (Å²) in [4.78, 5) is 8.36. The zero-order valence-electron chi connectivity index (χ0n) is 6.91. The molecule has 14 heavy (non-hydrogen) atoms. The highest BCUT2D eigenvalue weighted by molar-refractivity contribution is 4.17. The zero-order chi connectivity index (χ0) is 11.5.